The Morgan fingerprint density at radius 1 is 0.852 bits per heavy atom. The van der Waals surface area contributed by atoms with Crippen LogP contribution in [0.2, 0.25) is 0 Å². The molecule has 0 radical (unpaired) electrons. The number of benzene rings is 3. The smallest absolute Gasteiger partial charge is 0.117 e. The highest BCUT2D eigenvalue weighted by molar-refractivity contribution is 8.03. The van der Waals surface area contributed by atoms with Gasteiger partial charge in [0.2, 0.25) is 0 Å². The first-order valence-electron chi connectivity index (χ1n) is 8.74. The van der Waals surface area contributed by atoms with E-state index in [0.29, 0.717) is 0 Å². The van der Waals surface area contributed by atoms with E-state index in [1.807, 2.05) is 30.4 Å². The highest BCUT2D eigenvalue weighted by Gasteiger charge is 2.17. The zero-order chi connectivity index (χ0) is 18.1. The molecule has 27 heavy (non-hydrogen) atoms. The van der Waals surface area contributed by atoms with Crippen molar-refractivity contribution in [2.45, 2.75) is 4.90 Å². The zero-order valence-corrected chi connectivity index (χ0v) is 16.1. The minimum Gasteiger partial charge on any atom is -0.349 e. The molecule has 0 aliphatic carbocycles. The second-order valence-corrected chi connectivity index (χ2v) is 8.33. The molecule has 3 aromatic carbocycles. The van der Waals surface area contributed by atoms with Crippen LogP contribution in [0.1, 0.15) is 5.01 Å². The van der Waals surface area contributed by atoms with Crippen molar-refractivity contribution in [2.75, 3.05) is 5.32 Å². The second kappa shape index (κ2) is 7.06. The van der Waals surface area contributed by atoms with E-state index in [-0.39, 0.29) is 0 Å². The summed E-state index contributed by atoms with van der Waals surface area (Å²) in [6.07, 6.45) is 10.3. The minimum atomic E-state index is 1.03. The molecule has 0 saturated heterocycles. The molecule has 0 fully saturated rings. The Kier molecular flexibility index (Phi) is 4.28. The Morgan fingerprint density at radius 2 is 1.74 bits per heavy atom. The molecular weight excluding hydrogens is 368 g/mol. The van der Waals surface area contributed by atoms with Gasteiger partial charge in [-0.3, -0.25) is 0 Å². The molecule has 1 aliphatic heterocycles. The fourth-order valence-corrected chi connectivity index (χ4v) is 4.93. The van der Waals surface area contributed by atoms with Gasteiger partial charge in [0.25, 0.3) is 0 Å². The van der Waals surface area contributed by atoms with Crippen LogP contribution in [-0.2, 0) is 0 Å². The standard InChI is InChI=1S/C23H16N2S2/c1(2-12-21-24-18-10-6-7-11-19(18)26-21)3-13-22-25-23-17-9-5-4-8-16(17)14-15-20(23)27-22/h1-15,25H. The maximum absolute atomic E-state index is 4.61. The van der Waals surface area contributed by atoms with Gasteiger partial charge in [0.05, 0.1) is 20.9 Å². The summed E-state index contributed by atoms with van der Waals surface area (Å²) in [5.74, 6) is 0. The van der Waals surface area contributed by atoms with E-state index in [1.165, 1.54) is 26.1 Å². The lowest BCUT2D eigenvalue weighted by molar-refractivity contribution is 1.46. The molecule has 0 spiro atoms. The van der Waals surface area contributed by atoms with Crippen molar-refractivity contribution in [3.8, 4) is 0 Å². The van der Waals surface area contributed by atoms with Crippen LogP contribution in [0.4, 0.5) is 5.69 Å². The highest BCUT2D eigenvalue weighted by atomic mass is 32.2. The lowest BCUT2D eigenvalue weighted by Gasteiger charge is -2.03. The van der Waals surface area contributed by atoms with Crippen LogP contribution in [0.25, 0.3) is 27.1 Å². The molecule has 1 aliphatic rings. The SMILES string of the molecule is C(=CC=C1Nc2c(ccc3ccccc23)S1)C=Cc1nc2ccccc2s1. The second-order valence-electron chi connectivity index (χ2n) is 6.18. The molecule has 0 unspecified atom stereocenters. The van der Waals surface area contributed by atoms with Crippen LogP contribution in [0, 0.1) is 0 Å². The van der Waals surface area contributed by atoms with E-state index in [4.69, 9.17) is 0 Å². The molecule has 130 valence electrons. The maximum Gasteiger partial charge on any atom is 0.117 e. The van der Waals surface area contributed by atoms with Gasteiger partial charge in [-0.15, -0.1) is 11.3 Å². The lowest BCUT2D eigenvalue weighted by Crippen LogP contribution is -1.88. The summed E-state index contributed by atoms with van der Waals surface area (Å²) < 4.78 is 1.22. The number of fused-ring (bicyclic) bond motifs is 4. The Bertz CT molecular complexity index is 1200. The number of aromatic nitrogens is 1. The molecule has 2 nitrogen and oxygen atoms in total. The van der Waals surface area contributed by atoms with Crippen LogP contribution in [0.5, 0.6) is 0 Å². The van der Waals surface area contributed by atoms with Crippen molar-refractivity contribution >= 4 is 55.9 Å². The molecule has 0 bridgehead atoms. The quantitative estimate of drug-likeness (QED) is 0.382. The average Bonchev–Trinajstić information content (AvgIpc) is 3.31. The molecule has 2 heterocycles. The number of anilines is 1. The largest absolute Gasteiger partial charge is 0.349 e. The van der Waals surface area contributed by atoms with Crippen molar-refractivity contribution in [1.29, 1.82) is 0 Å². The fourth-order valence-electron chi connectivity index (χ4n) is 3.11. The highest BCUT2D eigenvalue weighted by Crippen LogP contribution is 2.44. The summed E-state index contributed by atoms with van der Waals surface area (Å²) in [4.78, 5) is 5.89. The van der Waals surface area contributed by atoms with Crippen molar-refractivity contribution < 1.29 is 0 Å². The molecule has 1 aromatic heterocycles. The lowest BCUT2D eigenvalue weighted by atomic mass is 10.1. The number of hydrogen-bond donors (Lipinski definition) is 1. The van der Waals surface area contributed by atoms with Gasteiger partial charge in [-0.05, 0) is 35.7 Å². The van der Waals surface area contributed by atoms with E-state index in [9.17, 15) is 0 Å². The zero-order valence-electron chi connectivity index (χ0n) is 14.4. The maximum atomic E-state index is 4.61. The van der Waals surface area contributed by atoms with Crippen LogP contribution >= 0.6 is 23.1 Å². The summed E-state index contributed by atoms with van der Waals surface area (Å²) in [5, 5.41) is 8.25. The average molecular weight is 385 g/mol. The number of rotatable bonds is 3. The van der Waals surface area contributed by atoms with Gasteiger partial charge in [0.15, 0.2) is 0 Å². The van der Waals surface area contributed by atoms with Gasteiger partial charge in [-0.25, -0.2) is 4.98 Å². The topological polar surface area (TPSA) is 24.9 Å². The van der Waals surface area contributed by atoms with Gasteiger partial charge in [-0.2, -0.15) is 0 Å². The van der Waals surface area contributed by atoms with Crippen molar-refractivity contribution in [1.82, 2.24) is 4.98 Å². The van der Waals surface area contributed by atoms with E-state index in [2.05, 4.69) is 71.0 Å². The van der Waals surface area contributed by atoms with Crippen LogP contribution in [-0.4, -0.2) is 4.98 Å². The van der Waals surface area contributed by atoms with Gasteiger partial charge in [0, 0.05) is 10.3 Å². The van der Waals surface area contributed by atoms with Crippen LogP contribution < -0.4 is 5.32 Å². The normalized spacial score (nSPS) is 15.3. The Balaban J connectivity index is 1.30. The van der Waals surface area contributed by atoms with Crippen LogP contribution in [0.15, 0.2) is 94.9 Å². The monoisotopic (exact) mass is 384 g/mol. The number of nitrogens with one attached hydrogen (secondary N) is 1. The van der Waals surface area contributed by atoms with Crippen molar-refractivity contribution in [3.05, 3.63) is 95.0 Å². The van der Waals surface area contributed by atoms with Crippen molar-refractivity contribution in [3.63, 3.8) is 0 Å². The van der Waals surface area contributed by atoms with Gasteiger partial charge in [-0.1, -0.05) is 72.5 Å². The summed E-state index contributed by atoms with van der Waals surface area (Å²) >= 11 is 3.48. The fraction of sp³-hybridized carbons (Fsp3) is 0. The summed E-state index contributed by atoms with van der Waals surface area (Å²) in [5.41, 5.74) is 2.27. The molecule has 5 rings (SSSR count). The van der Waals surface area contributed by atoms with Crippen molar-refractivity contribution in [2.24, 2.45) is 0 Å². The third-order valence-corrected chi connectivity index (χ3v) is 6.40. The molecule has 0 amide bonds. The molecule has 4 aromatic rings. The third kappa shape index (κ3) is 3.29. The Hall–Kier alpha value is -2.82. The molecular formula is C23H16N2S2. The number of allylic oxidation sites excluding steroid dienone is 4. The van der Waals surface area contributed by atoms with E-state index >= 15 is 0 Å². The van der Waals surface area contributed by atoms with Gasteiger partial charge in [0.1, 0.15) is 5.01 Å². The van der Waals surface area contributed by atoms with Crippen LogP contribution in [0.3, 0.4) is 0 Å². The van der Waals surface area contributed by atoms with E-state index in [1.54, 1.807) is 23.1 Å². The molecule has 1 N–H and O–H groups in total. The minimum absolute atomic E-state index is 1.03. The predicted molar refractivity (Wildman–Crippen MR) is 119 cm³/mol. The Labute approximate surface area is 165 Å². The molecule has 0 saturated carbocycles. The first-order chi connectivity index (χ1) is 13.4. The molecule has 4 heteroatoms. The first kappa shape index (κ1) is 16.4. The molecule has 0 atom stereocenters. The predicted octanol–water partition coefficient (Wildman–Crippen LogP) is 7.08. The third-order valence-electron chi connectivity index (χ3n) is 4.38. The number of thioether (sulfide) groups is 1. The number of thiazole rings is 1. The number of nitrogens with zero attached hydrogens (tertiary/aromatic N) is 1. The van der Waals surface area contributed by atoms with Gasteiger partial charge < -0.3 is 5.32 Å². The van der Waals surface area contributed by atoms with E-state index in [0.717, 1.165) is 15.6 Å². The van der Waals surface area contributed by atoms with E-state index < -0.39 is 0 Å². The number of hydrogen-bond acceptors (Lipinski definition) is 4. The first-order valence-corrected chi connectivity index (χ1v) is 10.4. The summed E-state index contributed by atoms with van der Waals surface area (Å²) in [6.45, 7) is 0. The Morgan fingerprint density at radius 3 is 2.70 bits per heavy atom. The summed E-state index contributed by atoms with van der Waals surface area (Å²) in [6, 6.07) is 21.1. The summed E-state index contributed by atoms with van der Waals surface area (Å²) in [7, 11) is 0. The van der Waals surface area contributed by atoms with Gasteiger partial charge >= 0.3 is 0 Å². The number of para-hydroxylation sites is 1.